The normalized spacial score (nSPS) is 12.0. The van der Waals surface area contributed by atoms with Crippen molar-refractivity contribution >= 4 is 12.0 Å². The van der Waals surface area contributed by atoms with Crippen LogP contribution in [0.1, 0.15) is 42.3 Å². The third-order valence-corrected chi connectivity index (χ3v) is 5.14. The van der Waals surface area contributed by atoms with E-state index < -0.39 is 0 Å². The standard InChI is InChI=1S/C25H29N3O3/c1-5-28-19(3)23(16-26-28)18(2)27-25(29)14-12-20-11-13-24(30-4)21(15-20)17-31-22-9-7-6-8-10-22/h6-16,18H,5,17H2,1-4H3,(H,27,29)/b14-12+. The SMILES string of the molecule is CCn1ncc(C(C)NC(=O)/C=C/c2ccc(OC)c(COc3ccccc3)c2)c1C. The minimum absolute atomic E-state index is 0.122. The highest BCUT2D eigenvalue weighted by atomic mass is 16.5. The summed E-state index contributed by atoms with van der Waals surface area (Å²) < 4.78 is 13.2. The van der Waals surface area contributed by atoms with E-state index in [1.165, 1.54) is 0 Å². The molecule has 162 valence electrons. The molecule has 1 aromatic heterocycles. The van der Waals surface area contributed by atoms with Gasteiger partial charge in [-0.15, -0.1) is 0 Å². The maximum absolute atomic E-state index is 12.4. The zero-order chi connectivity index (χ0) is 22.2. The van der Waals surface area contributed by atoms with Crippen molar-refractivity contribution in [2.45, 2.75) is 40.0 Å². The summed E-state index contributed by atoms with van der Waals surface area (Å²) >= 11 is 0. The van der Waals surface area contributed by atoms with Crippen LogP contribution in [0.15, 0.2) is 60.8 Å². The van der Waals surface area contributed by atoms with Gasteiger partial charge in [-0.2, -0.15) is 5.10 Å². The zero-order valence-corrected chi connectivity index (χ0v) is 18.5. The fraction of sp³-hybridized carbons (Fsp3) is 0.280. The summed E-state index contributed by atoms with van der Waals surface area (Å²) in [6, 6.07) is 15.3. The second-order valence-electron chi connectivity index (χ2n) is 7.24. The molecule has 2 aromatic carbocycles. The highest BCUT2D eigenvalue weighted by Crippen LogP contribution is 2.23. The van der Waals surface area contributed by atoms with Crippen molar-refractivity contribution in [3.8, 4) is 11.5 Å². The molecule has 1 N–H and O–H groups in total. The van der Waals surface area contributed by atoms with Gasteiger partial charge in [0.05, 0.1) is 19.3 Å². The molecule has 0 aliphatic rings. The lowest BCUT2D eigenvalue weighted by atomic mass is 10.1. The van der Waals surface area contributed by atoms with Crippen LogP contribution in [0.4, 0.5) is 0 Å². The summed E-state index contributed by atoms with van der Waals surface area (Å²) in [6.45, 7) is 7.20. The van der Waals surface area contributed by atoms with E-state index >= 15 is 0 Å². The van der Waals surface area contributed by atoms with Crippen molar-refractivity contribution in [1.82, 2.24) is 15.1 Å². The fourth-order valence-corrected chi connectivity index (χ4v) is 3.41. The Hall–Kier alpha value is -3.54. The van der Waals surface area contributed by atoms with E-state index in [1.54, 1.807) is 19.3 Å². The summed E-state index contributed by atoms with van der Waals surface area (Å²) in [5.41, 5.74) is 3.89. The summed E-state index contributed by atoms with van der Waals surface area (Å²) in [7, 11) is 1.63. The molecule has 0 saturated heterocycles. The van der Waals surface area contributed by atoms with E-state index in [0.29, 0.717) is 6.61 Å². The number of nitrogens with zero attached hydrogens (tertiary/aromatic N) is 2. The first-order chi connectivity index (χ1) is 15.0. The molecular weight excluding hydrogens is 390 g/mol. The second kappa shape index (κ2) is 10.5. The molecular formula is C25H29N3O3. The Labute approximate surface area is 183 Å². The van der Waals surface area contributed by atoms with Crippen molar-refractivity contribution in [2.24, 2.45) is 0 Å². The van der Waals surface area contributed by atoms with E-state index in [9.17, 15) is 4.79 Å². The highest BCUT2D eigenvalue weighted by Gasteiger charge is 2.14. The van der Waals surface area contributed by atoms with Gasteiger partial charge in [0.1, 0.15) is 18.1 Å². The van der Waals surface area contributed by atoms with Crippen LogP contribution in [-0.2, 0) is 17.9 Å². The lowest BCUT2D eigenvalue weighted by Gasteiger charge is -2.13. The Morgan fingerprint density at radius 1 is 1.23 bits per heavy atom. The lowest BCUT2D eigenvalue weighted by Crippen LogP contribution is -2.25. The molecule has 3 rings (SSSR count). The van der Waals surface area contributed by atoms with Gasteiger partial charge in [0.15, 0.2) is 0 Å². The molecule has 31 heavy (non-hydrogen) atoms. The van der Waals surface area contributed by atoms with Crippen LogP contribution < -0.4 is 14.8 Å². The third kappa shape index (κ3) is 5.75. The second-order valence-corrected chi connectivity index (χ2v) is 7.24. The predicted molar refractivity (Wildman–Crippen MR) is 122 cm³/mol. The Bertz CT molecular complexity index is 1040. The van der Waals surface area contributed by atoms with Gasteiger partial charge in [0.25, 0.3) is 0 Å². The van der Waals surface area contributed by atoms with Gasteiger partial charge in [-0.1, -0.05) is 24.3 Å². The van der Waals surface area contributed by atoms with Gasteiger partial charge in [0, 0.05) is 29.4 Å². The van der Waals surface area contributed by atoms with Gasteiger partial charge in [0.2, 0.25) is 5.91 Å². The Balaban J connectivity index is 1.65. The first kappa shape index (κ1) is 22.2. The fourth-order valence-electron chi connectivity index (χ4n) is 3.41. The number of benzene rings is 2. The number of hydrogen-bond donors (Lipinski definition) is 1. The molecule has 1 atom stereocenters. The maximum atomic E-state index is 12.4. The quantitative estimate of drug-likeness (QED) is 0.511. The van der Waals surface area contributed by atoms with Gasteiger partial charge in [-0.3, -0.25) is 9.48 Å². The van der Waals surface area contributed by atoms with Crippen molar-refractivity contribution in [3.63, 3.8) is 0 Å². The first-order valence-corrected chi connectivity index (χ1v) is 10.4. The Kier molecular flexibility index (Phi) is 7.49. The molecule has 3 aromatic rings. The number of hydrogen-bond acceptors (Lipinski definition) is 4. The van der Waals surface area contributed by atoms with Crippen LogP contribution in [0.5, 0.6) is 11.5 Å². The van der Waals surface area contributed by atoms with E-state index in [4.69, 9.17) is 9.47 Å². The number of amides is 1. The third-order valence-electron chi connectivity index (χ3n) is 5.14. The lowest BCUT2D eigenvalue weighted by molar-refractivity contribution is -0.117. The number of carbonyl (C=O) groups excluding carboxylic acids is 1. The predicted octanol–water partition coefficient (Wildman–Crippen LogP) is 4.69. The summed E-state index contributed by atoms with van der Waals surface area (Å²) in [5.74, 6) is 1.38. The molecule has 1 amide bonds. The van der Waals surface area contributed by atoms with E-state index in [2.05, 4.69) is 10.4 Å². The summed E-state index contributed by atoms with van der Waals surface area (Å²) in [6.07, 6.45) is 5.14. The largest absolute Gasteiger partial charge is 0.496 e. The summed E-state index contributed by atoms with van der Waals surface area (Å²) in [4.78, 5) is 12.4. The molecule has 0 saturated carbocycles. The maximum Gasteiger partial charge on any atom is 0.244 e. The minimum Gasteiger partial charge on any atom is -0.496 e. The van der Waals surface area contributed by atoms with Gasteiger partial charge in [-0.05, 0) is 56.7 Å². The average Bonchev–Trinajstić information content (AvgIpc) is 3.17. The van der Waals surface area contributed by atoms with Crippen molar-refractivity contribution < 1.29 is 14.3 Å². The zero-order valence-electron chi connectivity index (χ0n) is 18.5. The number of carbonyl (C=O) groups is 1. The molecule has 0 radical (unpaired) electrons. The molecule has 0 aliphatic heterocycles. The molecule has 1 unspecified atom stereocenters. The minimum atomic E-state index is -0.158. The smallest absolute Gasteiger partial charge is 0.244 e. The average molecular weight is 420 g/mol. The van der Waals surface area contributed by atoms with Crippen LogP contribution in [0.3, 0.4) is 0 Å². The van der Waals surface area contributed by atoms with Crippen LogP contribution >= 0.6 is 0 Å². The highest BCUT2D eigenvalue weighted by molar-refractivity contribution is 5.92. The van der Waals surface area contributed by atoms with Crippen molar-refractivity contribution in [1.29, 1.82) is 0 Å². The van der Waals surface area contributed by atoms with Crippen LogP contribution in [0.2, 0.25) is 0 Å². The Morgan fingerprint density at radius 2 is 2.00 bits per heavy atom. The van der Waals surface area contributed by atoms with E-state index in [1.807, 2.05) is 80.2 Å². The molecule has 6 nitrogen and oxygen atoms in total. The molecule has 0 fully saturated rings. The van der Waals surface area contributed by atoms with Crippen LogP contribution in [0, 0.1) is 6.92 Å². The number of aromatic nitrogens is 2. The topological polar surface area (TPSA) is 65.4 Å². The molecule has 1 heterocycles. The number of ether oxygens (including phenoxy) is 2. The number of rotatable bonds is 9. The molecule has 0 spiro atoms. The monoisotopic (exact) mass is 419 g/mol. The molecule has 0 aliphatic carbocycles. The number of para-hydroxylation sites is 1. The van der Waals surface area contributed by atoms with Crippen molar-refractivity contribution in [3.05, 3.63) is 83.2 Å². The van der Waals surface area contributed by atoms with Crippen LogP contribution in [-0.4, -0.2) is 22.8 Å². The number of aryl methyl sites for hydroxylation is 1. The first-order valence-electron chi connectivity index (χ1n) is 10.4. The van der Waals surface area contributed by atoms with Crippen molar-refractivity contribution in [2.75, 3.05) is 7.11 Å². The van der Waals surface area contributed by atoms with E-state index in [-0.39, 0.29) is 11.9 Å². The molecule has 0 bridgehead atoms. The van der Waals surface area contributed by atoms with E-state index in [0.717, 1.165) is 40.4 Å². The van der Waals surface area contributed by atoms with Gasteiger partial charge >= 0.3 is 0 Å². The van der Waals surface area contributed by atoms with Crippen LogP contribution in [0.25, 0.3) is 6.08 Å². The van der Waals surface area contributed by atoms with Gasteiger partial charge in [-0.25, -0.2) is 0 Å². The number of nitrogens with one attached hydrogen (secondary N) is 1. The van der Waals surface area contributed by atoms with Gasteiger partial charge < -0.3 is 14.8 Å². The number of methoxy groups -OCH3 is 1. The summed E-state index contributed by atoms with van der Waals surface area (Å²) in [5, 5.41) is 7.35. The Morgan fingerprint density at radius 3 is 2.68 bits per heavy atom. The molecule has 6 heteroatoms.